The van der Waals surface area contributed by atoms with Gasteiger partial charge >= 0.3 is 0 Å². The predicted molar refractivity (Wildman–Crippen MR) is 69.5 cm³/mol. The summed E-state index contributed by atoms with van der Waals surface area (Å²) < 4.78 is 27.6. The maximum absolute atomic E-state index is 13.8. The van der Waals surface area contributed by atoms with Gasteiger partial charge in [-0.3, -0.25) is 0 Å². The summed E-state index contributed by atoms with van der Waals surface area (Å²) in [5.41, 5.74) is 5.82. The van der Waals surface area contributed by atoms with E-state index in [2.05, 4.69) is 5.32 Å². The van der Waals surface area contributed by atoms with Crippen molar-refractivity contribution in [1.82, 2.24) is 0 Å². The Kier molecular flexibility index (Phi) is 4.33. The Hall–Kier alpha value is -1.67. The molecule has 1 fully saturated rings. The molecule has 3 nitrogen and oxygen atoms in total. The van der Waals surface area contributed by atoms with Crippen LogP contribution in [0, 0.1) is 23.0 Å². The van der Waals surface area contributed by atoms with Gasteiger partial charge in [0.15, 0.2) is 11.6 Å². The van der Waals surface area contributed by atoms with Crippen molar-refractivity contribution < 1.29 is 8.78 Å². The van der Waals surface area contributed by atoms with E-state index in [1.54, 1.807) is 6.07 Å². The molecule has 0 saturated heterocycles. The van der Waals surface area contributed by atoms with Crippen molar-refractivity contribution in [2.75, 3.05) is 5.32 Å². The van der Waals surface area contributed by atoms with Crippen molar-refractivity contribution >= 4 is 5.69 Å². The van der Waals surface area contributed by atoms with Crippen LogP contribution in [0.3, 0.4) is 0 Å². The second-order valence-corrected chi connectivity index (χ2v) is 4.98. The van der Waals surface area contributed by atoms with Gasteiger partial charge in [0.1, 0.15) is 5.69 Å². The highest BCUT2D eigenvalue weighted by molar-refractivity contribution is 5.51. The van der Waals surface area contributed by atoms with Gasteiger partial charge in [0, 0.05) is 12.1 Å². The van der Waals surface area contributed by atoms with Crippen LogP contribution in [0.2, 0.25) is 0 Å². The van der Waals surface area contributed by atoms with Crippen LogP contribution < -0.4 is 11.1 Å². The van der Waals surface area contributed by atoms with Crippen LogP contribution >= 0.6 is 0 Å². The van der Waals surface area contributed by atoms with Gasteiger partial charge in [-0.1, -0.05) is 19.3 Å². The van der Waals surface area contributed by atoms with Gasteiger partial charge in [-0.05, 0) is 25.0 Å². The summed E-state index contributed by atoms with van der Waals surface area (Å²) in [4.78, 5) is 0. The number of anilines is 1. The highest BCUT2D eigenvalue weighted by Gasteiger charge is 2.22. The summed E-state index contributed by atoms with van der Waals surface area (Å²) in [6.45, 7) is 0. The van der Waals surface area contributed by atoms with Crippen molar-refractivity contribution in [3.05, 3.63) is 29.3 Å². The van der Waals surface area contributed by atoms with E-state index in [9.17, 15) is 8.78 Å². The number of halogens is 2. The fourth-order valence-electron chi connectivity index (χ4n) is 2.48. The molecule has 19 heavy (non-hydrogen) atoms. The van der Waals surface area contributed by atoms with E-state index in [0.717, 1.165) is 44.2 Å². The standard InChI is InChI=1S/C14H17F2N3/c15-10-6-9(8-17)7-11(16)14(10)19-13-5-3-1-2-4-12(13)18/h6-7,12-13,19H,1-5,18H2. The van der Waals surface area contributed by atoms with Gasteiger partial charge in [-0.25, -0.2) is 8.78 Å². The van der Waals surface area contributed by atoms with E-state index in [0.29, 0.717) is 0 Å². The number of nitrogens with one attached hydrogen (secondary N) is 1. The Bertz CT molecular complexity index is 473. The minimum atomic E-state index is -0.743. The Balaban J connectivity index is 2.20. The summed E-state index contributed by atoms with van der Waals surface area (Å²) >= 11 is 0. The number of nitriles is 1. The molecule has 1 aliphatic rings. The maximum Gasteiger partial charge on any atom is 0.150 e. The van der Waals surface area contributed by atoms with E-state index in [4.69, 9.17) is 11.0 Å². The lowest BCUT2D eigenvalue weighted by Crippen LogP contribution is -2.39. The first kappa shape index (κ1) is 13.8. The lowest BCUT2D eigenvalue weighted by molar-refractivity contribution is 0.515. The molecule has 5 heteroatoms. The lowest BCUT2D eigenvalue weighted by Gasteiger charge is -2.24. The largest absolute Gasteiger partial charge is 0.376 e. The number of nitrogens with two attached hydrogens (primary N) is 1. The van der Waals surface area contributed by atoms with Gasteiger partial charge in [0.2, 0.25) is 0 Å². The topological polar surface area (TPSA) is 61.8 Å². The van der Waals surface area contributed by atoms with E-state index in [1.807, 2.05) is 0 Å². The molecule has 3 N–H and O–H groups in total. The Morgan fingerprint density at radius 3 is 2.42 bits per heavy atom. The minimum absolute atomic E-state index is 0.0225. The average Bonchev–Trinajstić information content (AvgIpc) is 2.58. The van der Waals surface area contributed by atoms with Gasteiger partial charge in [0.05, 0.1) is 11.6 Å². The molecule has 2 rings (SSSR count). The first-order valence-electron chi connectivity index (χ1n) is 6.53. The first-order valence-corrected chi connectivity index (χ1v) is 6.53. The van der Waals surface area contributed by atoms with Gasteiger partial charge < -0.3 is 11.1 Å². The minimum Gasteiger partial charge on any atom is -0.376 e. The Labute approximate surface area is 111 Å². The Morgan fingerprint density at radius 1 is 1.16 bits per heavy atom. The molecule has 0 aliphatic heterocycles. The van der Waals surface area contributed by atoms with E-state index in [1.165, 1.54) is 0 Å². The fraction of sp³-hybridized carbons (Fsp3) is 0.500. The quantitative estimate of drug-likeness (QED) is 0.808. The van der Waals surface area contributed by atoms with Crippen LogP contribution in [0.4, 0.5) is 14.5 Å². The lowest BCUT2D eigenvalue weighted by atomic mass is 10.0. The summed E-state index contributed by atoms with van der Waals surface area (Å²) in [5, 5.41) is 11.5. The average molecular weight is 265 g/mol. The van der Waals surface area contributed by atoms with Gasteiger partial charge in [0.25, 0.3) is 0 Å². The molecular formula is C14H17F2N3. The summed E-state index contributed by atoms with van der Waals surface area (Å²) in [5.74, 6) is -1.49. The van der Waals surface area contributed by atoms with Crippen LogP contribution in [-0.2, 0) is 0 Å². The molecule has 2 atom stereocenters. The van der Waals surface area contributed by atoms with Crippen LogP contribution in [0.5, 0.6) is 0 Å². The summed E-state index contributed by atoms with van der Waals surface area (Å²) in [7, 11) is 0. The molecule has 0 spiro atoms. The number of rotatable bonds is 2. The molecule has 1 saturated carbocycles. The maximum atomic E-state index is 13.8. The van der Waals surface area contributed by atoms with Crippen molar-refractivity contribution in [3.63, 3.8) is 0 Å². The third-order valence-corrected chi connectivity index (χ3v) is 3.57. The molecule has 0 radical (unpaired) electrons. The van der Waals surface area contributed by atoms with Crippen molar-refractivity contribution in [1.29, 1.82) is 5.26 Å². The van der Waals surface area contributed by atoms with Crippen molar-refractivity contribution in [2.45, 2.75) is 44.2 Å². The fourth-order valence-corrected chi connectivity index (χ4v) is 2.48. The number of hydrogen-bond acceptors (Lipinski definition) is 3. The third kappa shape index (κ3) is 3.21. The zero-order chi connectivity index (χ0) is 13.8. The zero-order valence-corrected chi connectivity index (χ0v) is 10.6. The molecule has 0 aromatic heterocycles. The SMILES string of the molecule is N#Cc1cc(F)c(NC2CCCCCC2N)c(F)c1. The molecule has 1 aromatic rings. The number of hydrogen-bond donors (Lipinski definition) is 2. The van der Waals surface area contributed by atoms with E-state index >= 15 is 0 Å². The van der Waals surface area contributed by atoms with Crippen LogP contribution in [0.25, 0.3) is 0 Å². The molecule has 0 amide bonds. The smallest absolute Gasteiger partial charge is 0.150 e. The normalized spacial score (nSPS) is 23.5. The highest BCUT2D eigenvalue weighted by atomic mass is 19.1. The molecule has 0 bridgehead atoms. The summed E-state index contributed by atoms with van der Waals surface area (Å²) in [6.07, 6.45) is 4.82. The Morgan fingerprint density at radius 2 is 1.79 bits per heavy atom. The molecule has 102 valence electrons. The molecular weight excluding hydrogens is 248 g/mol. The van der Waals surface area contributed by atoms with Gasteiger partial charge in [-0.2, -0.15) is 5.26 Å². The van der Waals surface area contributed by atoms with Crippen molar-refractivity contribution in [3.8, 4) is 6.07 Å². The first-order chi connectivity index (χ1) is 9.11. The monoisotopic (exact) mass is 265 g/mol. The number of nitrogens with zero attached hydrogens (tertiary/aromatic N) is 1. The van der Waals surface area contributed by atoms with Crippen LogP contribution in [-0.4, -0.2) is 12.1 Å². The molecule has 0 heterocycles. The predicted octanol–water partition coefficient (Wildman–Crippen LogP) is 2.91. The van der Waals surface area contributed by atoms with Crippen LogP contribution in [0.15, 0.2) is 12.1 Å². The van der Waals surface area contributed by atoms with Gasteiger partial charge in [-0.15, -0.1) is 0 Å². The van der Waals surface area contributed by atoms with E-state index in [-0.39, 0.29) is 23.3 Å². The third-order valence-electron chi connectivity index (χ3n) is 3.57. The second-order valence-electron chi connectivity index (χ2n) is 4.98. The van der Waals surface area contributed by atoms with E-state index < -0.39 is 11.6 Å². The molecule has 1 aliphatic carbocycles. The number of benzene rings is 1. The zero-order valence-electron chi connectivity index (χ0n) is 10.6. The molecule has 2 unspecified atom stereocenters. The highest BCUT2D eigenvalue weighted by Crippen LogP contribution is 2.25. The van der Waals surface area contributed by atoms with Crippen molar-refractivity contribution in [2.24, 2.45) is 5.73 Å². The summed E-state index contributed by atoms with van der Waals surface area (Å²) in [6, 6.07) is 3.57. The van der Waals surface area contributed by atoms with Crippen LogP contribution in [0.1, 0.15) is 37.7 Å². The molecule has 1 aromatic carbocycles. The second kappa shape index (κ2) is 5.98.